The highest BCUT2D eigenvalue weighted by Crippen LogP contribution is 2.30. The summed E-state index contributed by atoms with van der Waals surface area (Å²) in [5, 5.41) is 21.8. The molecule has 0 bridgehead atoms. The Morgan fingerprint density at radius 3 is 2.45 bits per heavy atom. The number of aromatic hydroxyl groups is 1. The number of rotatable bonds is 3. The first-order valence-corrected chi connectivity index (χ1v) is 6.68. The van der Waals surface area contributed by atoms with Gasteiger partial charge in [-0.05, 0) is 30.3 Å². The van der Waals surface area contributed by atoms with Crippen LogP contribution in [0.15, 0.2) is 42.5 Å². The number of phenolic OH excluding ortho intramolecular Hbond substituents is 1. The second-order valence-electron chi connectivity index (χ2n) is 4.51. The molecule has 1 aromatic heterocycles. The van der Waals surface area contributed by atoms with Crippen LogP contribution in [0.3, 0.4) is 0 Å². The number of hydrogen-bond donors (Lipinski definition) is 3. The Bertz CT molecular complexity index is 883. The van der Waals surface area contributed by atoms with E-state index in [-0.39, 0.29) is 28.0 Å². The van der Waals surface area contributed by atoms with Gasteiger partial charge in [0.15, 0.2) is 11.0 Å². The number of nitrogens with zero attached hydrogens (tertiary/aromatic N) is 2. The molecule has 0 aliphatic carbocycles. The SMILES string of the molecule is O=C(O)c1ccc(O)c(Nc2nc3ccccc3nc2Cl)c1. The first-order valence-electron chi connectivity index (χ1n) is 6.30. The number of aromatic nitrogens is 2. The summed E-state index contributed by atoms with van der Waals surface area (Å²) < 4.78 is 0. The number of aromatic carboxylic acids is 1. The third-order valence-electron chi connectivity index (χ3n) is 3.02. The molecule has 22 heavy (non-hydrogen) atoms. The van der Waals surface area contributed by atoms with Crippen molar-refractivity contribution in [3.05, 3.63) is 53.2 Å². The fourth-order valence-electron chi connectivity index (χ4n) is 1.95. The van der Waals surface area contributed by atoms with Gasteiger partial charge in [0.2, 0.25) is 0 Å². The molecule has 0 saturated heterocycles. The van der Waals surface area contributed by atoms with Crippen molar-refractivity contribution in [3.8, 4) is 5.75 Å². The Balaban J connectivity index is 2.04. The largest absolute Gasteiger partial charge is 0.506 e. The minimum absolute atomic E-state index is 0.0326. The van der Waals surface area contributed by atoms with Gasteiger partial charge >= 0.3 is 5.97 Å². The van der Waals surface area contributed by atoms with E-state index in [1.807, 2.05) is 12.1 Å². The van der Waals surface area contributed by atoms with Crippen LogP contribution in [-0.4, -0.2) is 26.2 Å². The molecule has 7 heteroatoms. The van der Waals surface area contributed by atoms with Gasteiger partial charge in [-0.25, -0.2) is 14.8 Å². The lowest BCUT2D eigenvalue weighted by molar-refractivity contribution is 0.0697. The number of fused-ring (bicyclic) bond motifs is 1. The molecule has 0 saturated carbocycles. The van der Waals surface area contributed by atoms with Gasteiger partial charge in [0.1, 0.15) is 5.75 Å². The molecule has 0 radical (unpaired) electrons. The highest BCUT2D eigenvalue weighted by molar-refractivity contribution is 6.32. The number of carboxylic acids is 1. The highest BCUT2D eigenvalue weighted by Gasteiger charge is 2.12. The lowest BCUT2D eigenvalue weighted by Gasteiger charge is -2.10. The maximum atomic E-state index is 11.0. The average molecular weight is 316 g/mol. The van der Waals surface area contributed by atoms with Gasteiger partial charge < -0.3 is 15.5 Å². The van der Waals surface area contributed by atoms with Gasteiger partial charge in [0.25, 0.3) is 0 Å². The molecule has 0 fully saturated rings. The van der Waals surface area contributed by atoms with Gasteiger partial charge in [-0.1, -0.05) is 23.7 Å². The lowest BCUT2D eigenvalue weighted by atomic mass is 10.2. The molecule has 6 nitrogen and oxygen atoms in total. The van der Waals surface area contributed by atoms with E-state index in [1.54, 1.807) is 12.1 Å². The van der Waals surface area contributed by atoms with Gasteiger partial charge in [0.05, 0.1) is 22.3 Å². The van der Waals surface area contributed by atoms with E-state index >= 15 is 0 Å². The van der Waals surface area contributed by atoms with Crippen molar-refractivity contribution in [2.75, 3.05) is 5.32 Å². The molecule has 1 heterocycles. The van der Waals surface area contributed by atoms with Gasteiger partial charge in [-0.3, -0.25) is 0 Å². The summed E-state index contributed by atoms with van der Waals surface area (Å²) in [4.78, 5) is 19.5. The number of phenols is 1. The molecule has 3 rings (SSSR count). The van der Waals surface area contributed by atoms with E-state index in [2.05, 4.69) is 15.3 Å². The van der Waals surface area contributed by atoms with Crippen LogP contribution in [0, 0.1) is 0 Å². The molecule has 0 aliphatic rings. The first kappa shape index (κ1) is 14.1. The molecule has 0 aliphatic heterocycles. The maximum absolute atomic E-state index is 11.0. The van der Waals surface area contributed by atoms with E-state index < -0.39 is 5.97 Å². The summed E-state index contributed by atoms with van der Waals surface area (Å²) in [7, 11) is 0. The summed E-state index contributed by atoms with van der Waals surface area (Å²) >= 11 is 6.07. The van der Waals surface area contributed by atoms with Crippen LogP contribution in [0.4, 0.5) is 11.5 Å². The number of halogens is 1. The molecule has 2 aromatic carbocycles. The Hall–Kier alpha value is -2.86. The van der Waals surface area contributed by atoms with E-state index in [0.29, 0.717) is 11.0 Å². The lowest BCUT2D eigenvalue weighted by Crippen LogP contribution is -2.01. The number of para-hydroxylation sites is 2. The average Bonchev–Trinajstić information content (AvgIpc) is 2.50. The standard InChI is InChI=1S/C15H10ClN3O3/c16-13-14(18-10-4-2-1-3-9(10)17-13)19-11-7-8(15(21)22)5-6-12(11)20/h1-7,20H,(H,18,19)(H,21,22). The van der Waals surface area contributed by atoms with Crippen LogP contribution in [0.1, 0.15) is 10.4 Å². The minimum atomic E-state index is -1.10. The van der Waals surface area contributed by atoms with Crippen molar-refractivity contribution >= 4 is 40.1 Å². The Morgan fingerprint density at radius 1 is 1.09 bits per heavy atom. The quantitative estimate of drug-likeness (QED) is 0.641. The summed E-state index contributed by atoms with van der Waals surface area (Å²) in [5.41, 5.74) is 1.49. The Labute approximate surface area is 130 Å². The Kier molecular flexibility index (Phi) is 3.52. The van der Waals surface area contributed by atoms with Crippen molar-refractivity contribution < 1.29 is 15.0 Å². The molecular weight excluding hydrogens is 306 g/mol. The molecule has 0 amide bonds. The smallest absolute Gasteiger partial charge is 0.335 e. The third kappa shape index (κ3) is 2.64. The van der Waals surface area contributed by atoms with E-state index in [9.17, 15) is 9.90 Å². The fourth-order valence-corrected chi connectivity index (χ4v) is 2.14. The summed E-state index contributed by atoms with van der Waals surface area (Å²) in [6.07, 6.45) is 0. The number of hydrogen-bond acceptors (Lipinski definition) is 5. The third-order valence-corrected chi connectivity index (χ3v) is 3.29. The normalized spacial score (nSPS) is 10.6. The zero-order valence-corrected chi connectivity index (χ0v) is 11.9. The Morgan fingerprint density at radius 2 is 1.77 bits per heavy atom. The topological polar surface area (TPSA) is 95.3 Å². The van der Waals surface area contributed by atoms with Crippen molar-refractivity contribution in [2.24, 2.45) is 0 Å². The highest BCUT2D eigenvalue weighted by atomic mass is 35.5. The summed E-state index contributed by atoms with van der Waals surface area (Å²) in [6.45, 7) is 0. The molecule has 0 unspecified atom stereocenters. The van der Waals surface area contributed by atoms with Crippen molar-refractivity contribution in [3.63, 3.8) is 0 Å². The number of carboxylic acid groups (broad SMARTS) is 1. The molecule has 0 atom stereocenters. The fraction of sp³-hybridized carbons (Fsp3) is 0. The van der Waals surface area contributed by atoms with Crippen LogP contribution in [0.25, 0.3) is 11.0 Å². The minimum Gasteiger partial charge on any atom is -0.506 e. The number of anilines is 2. The number of benzene rings is 2. The van der Waals surface area contributed by atoms with E-state index in [1.165, 1.54) is 18.2 Å². The van der Waals surface area contributed by atoms with Crippen molar-refractivity contribution in [1.29, 1.82) is 0 Å². The maximum Gasteiger partial charge on any atom is 0.335 e. The monoisotopic (exact) mass is 315 g/mol. The number of carbonyl (C=O) groups is 1. The molecular formula is C15H10ClN3O3. The van der Waals surface area contributed by atoms with Crippen LogP contribution in [0.2, 0.25) is 5.15 Å². The van der Waals surface area contributed by atoms with Gasteiger partial charge in [0, 0.05) is 0 Å². The van der Waals surface area contributed by atoms with E-state index in [4.69, 9.17) is 16.7 Å². The molecule has 0 spiro atoms. The zero-order chi connectivity index (χ0) is 15.7. The van der Waals surface area contributed by atoms with E-state index in [0.717, 1.165) is 0 Å². The molecule has 3 aromatic rings. The molecule has 110 valence electrons. The van der Waals surface area contributed by atoms with Gasteiger partial charge in [-0.2, -0.15) is 0 Å². The predicted octanol–water partition coefficient (Wildman–Crippen LogP) is 3.43. The number of nitrogens with one attached hydrogen (secondary N) is 1. The second-order valence-corrected chi connectivity index (χ2v) is 4.87. The van der Waals surface area contributed by atoms with Crippen LogP contribution in [-0.2, 0) is 0 Å². The second kappa shape index (κ2) is 5.50. The summed E-state index contributed by atoms with van der Waals surface area (Å²) in [5.74, 6) is -0.979. The van der Waals surface area contributed by atoms with Crippen LogP contribution < -0.4 is 5.32 Å². The van der Waals surface area contributed by atoms with Crippen LogP contribution >= 0.6 is 11.6 Å². The van der Waals surface area contributed by atoms with Crippen LogP contribution in [0.5, 0.6) is 5.75 Å². The van der Waals surface area contributed by atoms with Gasteiger partial charge in [-0.15, -0.1) is 0 Å². The van der Waals surface area contributed by atoms with Crippen molar-refractivity contribution in [1.82, 2.24) is 9.97 Å². The summed E-state index contributed by atoms with van der Waals surface area (Å²) in [6, 6.07) is 11.1. The predicted molar refractivity (Wildman–Crippen MR) is 82.9 cm³/mol. The molecule has 3 N–H and O–H groups in total. The first-order chi connectivity index (χ1) is 10.5. The van der Waals surface area contributed by atoms with Crippen molar-refractivity contribution in [2.45, 2.75) is 0 Å². The zero-order valence-electron chi connectivity index (χ0n) is 11.1.